The predicted molar refractivity (Wildman–Crippen MR) is 76.4 cm³/mol. The highest BCUT2D eigenvalue weighted by Gasteiger charge is 2.16. The molecular formula is C15H22O6. The number of ether oxygens (including phenoxy) is 3. The van der Waals surface area contributed by atoms with Crippen molar-refractivity contribution in [2.24, 2.45) is 0 Å². The standard InChI is InChI=1S/C15H22O6/c1-4-12-5-6-13(14(11-12)19-9-7-17-2)15(16)21-20-10-8-18-3/h5-6,11H,4,7-10H2,1-3H3. The van der Waals surface area contributed by atoms with Gasteiger partial charge in [0.05, 0.1) is 13.2 Å². The Balaban J connectivity index is 2.71. The molecule has 1 rings (SSSR count). The van der Waals surface area contributed by atoms with Gasteiger partial charge >= 0.3 is 5.97 Å². The summed E-state index contributed by atoms with van der Waals surface area (Å²) < 4.78 is 15.3. The molecule has 0 aliphatic rings. The molecular weight excluding hydrogens is 276 g/mol. The Hall–Kier alpha value is -1.63. The number of methoxy groups -OCH3 is 2. The summed E-state index contributed by atoms with van der Waals surface area (Å²) in [5, 5.41) is 0. The second kappa shape index (κ2) is 10.1. The Labute approximate surface area is 124 Å². The van der Waals surface area contributed by atoms with E-state index in [-0.39, 0.29) is 6.61 Å². The maximum absolute atomic E-state index is 12.0. The van der Waals surface area contributed by atoms with Crippen LogP contribution in [0.3, 0.4) is 0 Å². The van der Waals surface area contributed by atoms with Gasteiger partial charge in [-0.25, -0.2) is 4.79 Å². The van der Waals surface area contributed by atoms with E-state index in [0.29, 0.717) is 31.1 Å². The molecule has 118 valence electrons. The second-order valence-corrected chi connectivity index (χ2v) is 4.21. The minimum absolute atomic E-state index is 0.176. The Bertz CT molecular complexity index is 432. The molecule has 6 nitrogen and oxygen atoms in total. The van der Waals surface area contributed by atoms with Gasteiger partial charge in [0.1, 0.15) is 24.5 Å². The van der Waals surface area contributed by atoms with Crippen molar-refractivity contribution in [3.05, 3.63) is 29.3 Å². The van der Waals surface area contributed by atoms with Gasteiger partial charge in [-0.2, -0.15) is 4.89 Å². The number of carbonyl (C=O) groups excluding carboxylic acids is 1. The quantitative estimate of drug-likeness (QED) is 0.374. The predicted octanol–water partition coefficient (Wildman–Crippen LogP) is 2.01. The molecule has 0 radical (unpaired) electrons. The minimum Gasteiger partial charge on any atom is -0.490 e. The first-order valence-electron chi connectivity index (χ1n) is 6.80. The summed E-state index contributed by atoms with van der Waals surface area (Å²) in [6.07, 6.45) is 0.848. The minimum atomic E-state index is -0.596. The number of hydrogen-bond acceptors (Lipinski definition) is 6. The highest BCUT2D eigenvalue weighted by Crippen LogP contribution is 2.22. The number of hydrogen-bond donors (Lipinski definition) is 0. The SMILES string of the molecule is CCc1ccc(C(=O)OOCCOC)c(OCCOC)c1. The van der Waals surface area contributed by atoms with Crippen LogP contribution in [0.1, 0.15) is 22.8 Å². The summed E-state index contributed by atoms with van der Waals surface area (Å²) in [6.45, 7) is 3.35. The maximum Gasteiger partial charge on any atom is 0.376 e. The normalized spacial score (nSPS) is 10.4. The van der Waals surface area contributed by atoms with Gasteiger partial charge in [-0.3, -0.25) is 4.89 Å². The van der Waals surface area contributed by atoms with Crippen LogP contribution in [-0.4, -0.2) is 46.6 Å². The lowest BCUT2D eigenvalue weighted by Crippen LogP contribution is -2.13. The van der Waals surface area contributed by atoms with Crippen LogP contribution in [0.5, 0.6) is 5.75 Å². The lowest BCUT2D eigenvalue weighted by molar-refractivity contribution is -0.246. The molecule has 0 fully saturated rings. The van der Waals surface area contributed by atoms with Crippen LogP contribution in [0, 0.1) is 0 Å². The summed E-state index contributed by atoms with van der Waals surface area (Å²) in [4.78, 5) is 21.5. The van der Waals surface area contributed by atoms with E-state index in [1.807, 2.05) is 19.1 Å². The van der Waals surface area contributed by atoms with Crippen molar-refractivity contribution in [3.63, 3.8) is 0 Å². The average Bonchev–Trinajstić information content (AvgIpc) is 2.51. The molecule has 0 aromatic heterocycles. The Morgan fingerprint density at radius 2 is 1.76 bits per heavy atom. The van der Waals surface area contributed by atoms with Crippen molar-refractivity contribution >= 4 is 5.97 Å². The molecule has 0 N–H and O–H groups in total. The van der Waals surface area contributed by atoms with Crippen molar-refractivity contribution in [2.75, 3.05) is 40.6 Å². The summed E-state index contributed by atoms with van der Waals surface area (Å²) in [7, 11) is 3.13. The van der Waals surface area contributed by atoms with Crippen LogP contribution in [0.2, 0.25) is 0 Å². The average molecular weight is 298 g/mol. The fourth-order valence-corrected chi connectivity index (χ4v) is 1.57. The first-order chi connectivity index (χ1) is 10.2. The smallest absolute Gasteiger partial charge is 0.376 e. The molecule has 0 amide bonds. The molecule has 6 heteroatoms. The van der Waals surface area contributed by atoms with E-state index in [4.69, 9.17) is 24.0 Å². The van der Waals surface area contributed by atoms with E-state index in [2.05, 4.69) is 0 Å². The lowest BCUT2D eigenvalue weighted by atomic mass is 10.1. The van der Waals surface area contributed by atoms with Gasteiger partial charge < -0.3 is 14.2 Å². The number of rotatable bonds is 10. The highest BCUT2D eigenvalue weighted by atomic mass is 17.2. The first kappa shape index (κ1) is 17.4. The van der Waals surface area contributed by atoms with Gasteiger partial charge in [0, 0.05) is 14.2 Å². The molecule has 0 aliphatic carbocycles. The van der Waals surface area contributed by atoms with E-state index < -0.39 is 5.97 Å². The van der Waals surface area contributed by atoms with Crippen LogP contribution in [0.25, 0.3) is 0 Å². The molecule has 0 unspecified atom stereocenters. The molecule has 0 spiro atoms. The lowest BCUT2D eigenvalue weighted by Gasteiger charge is -2.11. The van der Waals surface area contributed by atoms with E-state index in [9.17, 15) is 4.79 Å². The number of carbonyl (C=O) groups is 1. The third-order valence-electron chi connectivity index (χ3n) is 2.72. The summed E-state index contributed by atoms with van der Waals surface area (Å²) in [5.41, 5.74) is 1.39. The molecule has 21 heavy (non-hydrogen) atoms. The van der Waals surface area contributed by atoms with E-state index in [0.717, 1.165) is 12.0 Å². The van der Waals surface area contributed by atoms with E-state index in [1.54, 1.807) is 13.2 Å². The fourth-order valence-electron chi connectivity index (χ4n) is 1.57. The van der Waals surface area contributed by atoms with Crippen LogP contribution in [0.15, 0.2) is 18.2 Å². The number of benzene rings is 1. The molecule has 0 saturated carbocycles. The molecule has 0 saturated heterocycles. The van der Waals surface area contributed by atoms with Gasteiger partial charge in [-0.15, -0.1) is 0 Å². The fraction of sp³-hybridized carbons (Fsp3) is 0.533. The van der Waals surface area contributed by atoms with Crippen LogP contribution < -0.4 is 4.74 Å². The number of aryl methyl sites for hydroxylation is 1. The zero-order valence-electron chi connectivity index (χ0n) is 12.7. The largest absolute Gasteiger partial charge is 0.490 e. The van der Waals surface area contributed by atoms with Gasteiger partial charge in [0.2, 0.25) is 0 Å². The van der Waals surface area contributed by atoms with Crippen LogP contribution in [-0.2, 0) is 25.7 Å². The highest BCUT2D eigenvalue weighted by molar-refractivity contribution is 5.92. The molecule has 0 aliphatic heterocycles. The van der Waals surface area contributed by atoms with Crippen molar-refractivity contribution in [1.82, 2.24) is 0 Å². The van der Waals surface area contributed by atoms with Crippen molar-refractivity contribution in [1.29, 1.82) is 0 Å². The van der Waals surface area contributed by atoms with Gasteiger partial charge in [0.25, 0.3) is 0 Å². The van der Waals surface area contributed by atoms with Gasteiger partial charge in [-0.1, -0.05) is 13.0 Å². The van der Waals surface area contributed by atoms with Crippen LogP contribution >= 0.6 is 0 Å². The maximum atomic E-state index is 12.0. The third-order valence-corrected chi connectivity index (χ3v) is 2.72. The van der Waals surface area contributed by atoms with E-state index in [1.165, 1.54) is 7.11 Å². The van der Waals surface area contributed by atoms with Crippen molar-refractivity contribution < 1.29 is 28.8 Å². The van der Waals surface area contributed by atoms with Gasteiger partial charge in [-0.05, 0) is 24.1 Å². The topological polar surface area (TPSA) is 63.2 Å². The first-order valence-corrected chi connectivity index (χ1v) is 6.80. The summed E-state index contributed by atoms with van der Waals surface area (Å²) in [6, 6.07) is 5.35. The van der Waals surface area contributed by atoms with Crippen molar-refractivity contribution in [3.8, 4) is 5.75 Å². The zero-order valence-corrected chi connectivity index (χ0v) is 12.7. The van der Waals surface area contributed by atoms with Crippen molar-refractivity contribution in [2.45, 2.75) is 13.3 Å². The summed E-state index contributed by atoms with van der Waals surface area (Å²) in [5.74, 6) is -0.132. The summed E-state index contributed by atoms with van der Waals surface area (Å²) >= 11 is 0. The Morgan fingerprint density at radius 3 is 2.43 bits per heavy atom. The molecule has 1 aromatic carbocycles. The molecule has 0 atom stereocenters. The zero-order chi connectivity index (χ0) is 15.5. The third kappa shape index (κ3) is 6.12. The molecule has 0 bridgehead atoms. The van der Waals surface area contributed by atoms with Gasteiger partial charge in [0.15, 0.2) is 0 Å². The molecule has 1 aromatic rings. The Kier molecular flexibility index (Phi) is 8.42. The van der Waals surface area contributed by atoms with Crippen LogP contribution in [0.4, 0.5) is 0 Å². The monoisotopic (exact) mass is 298 g/mol. The second-order valence-electron chi connectivity index (χ2n) is 4.21. The van der Waals surface area contributed by atoms with E-state index >= 15 is 0 Å². The molecule has 0 heterocycles. The Morgan fingerprint density at radius 1 is 1.05 bits per heavy atom.